The lowest BCUT2D eigenvalue weighted by Crippen LogP contribution is -2.46. The summed E-state index contributed by atoms with van der Waals surface area (Å²) in [5.74, 6) is 0.111. The molecule has 0 heterocycles. The van der Waals surface area contributed by atoms with Gasteiger partial charge in [-0.05, 0) is 39.7 Å². The van der Waals surface area contributed by atoms with E-state index in [1.54, 1.807) is 13.8 Å². The smallest absolute Gasteiger partial charge is 0.433 e. The molecule has 0 bridgehead atoms. The molecule has 6 nitrogen and oxygen atoms in total. The Morgan fingerprint density at radius 2 is 2.00 bits per heavy atom. The molecule has 0 saturated heterocycles. The fourth-order valence-electron chi connectivity index (χ4n) is 2.04. The molecule has 1 aliphatic carbocycles. The number of nitrogens with zero attached hydrogens (tertiary/aromatic N) is 1. The summed E-state index contributed by atoms with van der Waals surface area (Å²) >= 11 is 0. The third-order valence-electron chi connectivity index (χ3n) is 3.24. The Labute approximate surface area is 131 Å². The third kappa shape index (κ3) is 4.65. The lowest BCUT2D eigenvalue weighted by atomic mass is 9.90. The first-order chi connectivity index (χ1) is 10.4. The normalized spacial score (nSPS) is 17.0. The lowest BCUT2D eigenvalue weighted by Gasteiger charge is -2.29. The fourth-order valence-corrected chi connectivity index (χ4v) is 2.04. The molecule has 0 aliphatic heterocycles. The summed E-state index contributed by atoms with van der Waals surface area (Å²) in [5, 5.41) is 1.09. The molecule has 1 rings (SSSR count). The minimum absolute atomic E-state index is 0.111. The van der Waals surface area contributed by atoms with E-state index in [0.717, 1.165) is 22.6 Å². The Hall–Kier alpha value is -2.24. The second kappa shape index (κ2) is 8.26. The van der Waals surface area contributed by atoms with Crippen molar-refractivity contribution in [3.8, 4) is 0 Å². The van der Waals surface area contributed by atoms with Crippen molar-refractivity contribution in [2.24, 2.45) is 5.92 Å². The monoisotopic (exact) mass is 308 g/mol. The summed E-state index contributed by atoms with van der Waals surface area (Å²) in [7, 11) is 0. The van der Waals surface area contributed by atoms with Gasteiger partial charge in [0.2, 0.25) is 0 Å². The van der Waals surface area contributed by atoms with Crippen LogP contribution < -0.4 is 5.43 Å². The van der Waals surface area contributed by atoms with Crippen LogP contribution in [0, 0.1) is 5.92 Å². The van der Waals surface area contributed by atoms with E-state index >= 15 is 0 Å². The Balaban J connectivity index is 3.06. The number of hydrazine groups is 1. The van der Waals surface area contributed by atoms with Crippen molar-refractivity contribution in [2.75, 3.05) is 13.2 Å². The fraction of sp³-hybridized carbons (Fsp3) is 0.500. The maximum atomic E-state index is 12.1. The zero-order valence-electron chi connectivity index (χ0n) is 13.6. The predicted molar refractivity (Wildman–Crippen MR) is 83.8 cm³/mol. The van der Waals surface area contributed by atoms with E-state index < -0.39 is 12.2 Å². The average Bonchev–Trinajstić information content (AvgIpc) is 2.46. The molecule has 0 saturated carbocycles. The van der Waals surface area contributed by atoms with Gasteiger partial charge in [-0.15, -0.1) is 0 Å². The highest BCUT2D eigenvalue weighted by atomic mass is 16.6. The first kappa shape index (κ1) is 17.8. The van der Waals surface area contributed by atoms with E-state index in [1.165, 1.54) is 0 Å². The van der Waals surface area contributed by atoms with Gasteiger partial charge in [0, 0.05) is 5.92 Å². The minimum Gasteiger partial charge on any atom is -0.449 e. The highest BCUT2D eigenvalue weighted by Gasteiger charge is 2.26. The zero-order valence-corrected chi connectivity index (χ0v) is 13.6. The van der Waals surface area contributed by atoms with Gasteiger partial charge in [-0.25, -0.2) is 15.0 Å². The van der Waals surface area contributed by atoms with E-state index in [9.17, 15) is 9.59 Å². The molecule has 0 unspecified atom stereocenters. The van der Waals surface area contributed by atoms with Gasteiger partial charge >= 0.3 is 12.2 Å². The Kier molecular flexibility index (Phi) is 6.69. The molecule has 0 fully saturated rings. The van der Waals surface area contributed by atoms with Gasteiger partial charge in [0.15, 0.2) is 0 Å². The quantitative estimate of drug-likeness (QED) is 0.637. The van der Waals surface area contributed by atoms with E-state index in [-0.39, 0.29) is 19.1 Å². The number of carbonyl (C=O) groups is 2. The topological polar surface area (TPSA) is 67.9 Å². The van der Waals surface area contributed by atoms with Crippen molar-refractivity contribution in [1.82, 2.24) is 10.4 Å². The van der Waals surface area contributed by atoms with E-state index in [4.69, 9.17) is 9.47 Å². The Morgan fingerprint density at radius 1 is 1.36 bits per heavy atom. The minimum atomic E-state index is -0.707. The van der Waals surface area contributed by atoms with Crippen LogP contribution in [0.4, 0.5) is 9.59 Å². The number of rotatable bonds is 4. The Bertz CT molecular complexity index is 508. The first-order valence-corrected chi connectivity index (χ1v) is 7.35. The summed E-state index contributed by atoms with van der Waals surface area (Å²) in [6.07, 6.45) is 3.37. The summed E-state index contributed by atoms with van der Waals surface area (Å²) in [4.78, 5) is 23.8. The lowest BCUT2D eigenvalue weighted by molar-refractivity contribution is 0.0881. The van der Waals surface area contributed by atoms with Crippen LogP contribution in [0.25, 0.3) is 0 Å². The molecule has 0 aromatic heterocycles. The van der Waals surface area contributed by atoms with Crippen LogP contribution in [-0.2, 0) is 9.47 Å². The van der Waals surface area contributed by atoms with Crippen LogP contribution in [0.3, 0.4) is 0 Å². The van der Waals surface area contributed by atoms with Crippen LogP contribution in [0.5, 0.6) is 0 Å². The van der Waals surface area contributed by atoms with Crippen LogP contribution in [0.2, 0.25) is 0 Å². The van der Waals surface area contributed by atoms with Crippen molar-refractivity contribution in [3.63, 3.8) is 0 Å². The van der Waals surface area contributed by atoms with E-state index in [1.807, 2.05) is 26.0 Å². The summed E-state index contributed by atoms with van der Waals surface area (Å²) in [5.41, 5.74) is 4.86. The van der Waals surface area contributed by atoms with Crippen molar-refractivity contribution in [1.29, 1.82) is 0 Å². The van der Waals surface area contributed by atoms with Crippen molar-refractivity contribution < 1.29 is 19.1 Å². The van der Waals surface area contributed by atoms with E-state index in [0.29, 0.717) is 5.70 Å². The van der Waals surface area contributed by atoms with Crippen molar-refractivity contribution >= 4 is 12.2 Å². The number of carbonyl (C=O) groups excluding carboxylic acids is 2. The third-order valence-corrected chi connectivity index (χ3v) is 3.24. The number of amides is 2. The molecule has 0 aromatic rings. The molecule has 1 N–H and O–H groups in total. The highest BCUT2D eigenvalue weighted by Crippen LogP contribution is 2.28. The molecule has 122 valence electrons. The molecule has 0 spiro atoms. The van der Waals surface area contributed by atoms with Crippen LogP contribution >= 0.6 is 0 Å². The predicted octanol–water partition coefficient (Wildman–Crippen LogP) is 3.53. The van der Waals surface area contributed by atoms with Gasteiger partial charge in [0.05, 0.1) is 18.9 Å². The van der Waals surface area contributed by atoms with E-state index in [2.05, 4.69) is 12.0 Å². The number of hydrogen-bond acceptors (Lipinski definition) is 4. The molecular formula is C16H24N2O4. The van der Waals surface area contributed by atoms with Gasteiger partial charge in [-0.1, -0.05) is 24.3 Å². The molecular weight excluding hydrogens is 284 g/mol. The summed E-state index contributed by atoms with van der Waals surface area (Å²) in [6.45, 7) is 11.6. The van der Waals surface area contributed by atoms with Crippen LogP contribution in [0.1, 0.15) is 34.1 Å². The van der Waals surface area contributed by atoms with Gasteiger partial charge in [-0.2, -0.15) is 5.01 Å². The molecule has 2 amide bonds. The number of ether oxygens (including phenoxy) is 2. The van der Waals surface area contributed by atoms with Crippen molar-refractivity contribution in [2.45, 2.75) is 34.1 Å². The van der Waals surface area contributed by atoms with Crippen LogP contribution in [-0.4, -0.2) is 30.4 Å². The van der Waals surface area contributed by atoms with Crippen molar-refractivity contribution in [3.05, 3.63) is 35.6 Å². The van der Waals surface area contributed by atoms with Gasteiger partial charge in [0.25, 0.3) is 0 Å². The van der Waals surface area contributed by atoms with Crippen LogP contribution in [0.15, 0.2) is 35.6 Å². The summed E-state index contributed by atoms with van der Waals surface area (Å²) < 4.78 is 9.84. The number of allylic oxidation sites excluding steroid dienone is 4. The van der Waals surface area contributed by atoms with Gasteiger partial charge < -0.3 is 9.47 Å². The maximum Gasteiger partial charge on any atom is 0.433 e. The largest absolute Gasteiger partial charge is 0.449 e. The van der Waals surface area contributed by atoms with Gasteiger partial charge in [-0.3, -0.25) is 0 Å². The molecule has 1 aliphatic rings. The molecule has 0 radical (unpaired) electrons. The first-order valence-electron chi connectivity index (χ1n) is 7.35. The zero-order chi connectivity index (χ0) is 16.7. The summed E-state index contributed by atoms with van der Waals surface area (Å²) in [6, 6.07) is 0. The van der Waals surface area contributed by atoms with Gasteiger partial charge in [0.1, 0.15) is 0 Å². The highest BCUT2D eigenvalue weighted by molar-refractivity contribution is 5.76. The standard InChI is InChI=1S/C16H24N2O4/c1-6-21-15(19)17-18(16(20)22-7-2)14-10-13(11(3)4)9-8-12(14)5/h8,10,13H,3,6-7,9H2,1-2,4-5H3,(H,17,19)/t13-/m0/s1. The molecule has 0 aromatic carbocycles. The maximum absolute atomic E-state index is 12.1. The SMILES string of the molecule is C=C(C)[C@@H]1C=C(N(NC(=O)OCC)C(=O)OCC)C(C)=CC1. The second-order valence-corrected chi connectivity index (χ2v) is 4.99. The molecule has 1 atom stereocenters. The number of hydrogen-bond donors (Lipinski definition) is 1. The molecule has 22 heavy (non-hydrogen) atoms. The number of nitrogens with one attached hydrogen (secondary N) is 1. The average molecular weight is 308 g/mol. The Morgan fingerprint density at radius 3 is 2.55 bits per heavy atom. The second-order valence-electron chi connectivity index (χ2n) is 4.99. The molecule has 6 heteroatoms.